The molecule has 3 nitrogen and oxygen atoms in total. The van der Waals surface area contributed by atoms with E-state index in [0.29, 0.717) is 11.3 Å². The molecule has 3 rings (SSSR count). The van der Waals surface area contributed by atoms with Crippen LogP contribution in [0.4, 0.5) is 0 Å². The minimum absolute atomic E-state index is 0.131. The predicted octanol–water partition coefficient (Wildman–Crippen LogP) is 5.11. The van der Waals surface area contributed by atoms with Crippen LogP contribution in [0.15, 0.2) is 39.5 Å². The van der Waals surface area contributed by atoms with E-state index in [1.165, 1.54) is 0 Å². The molecule has 1 aromatic carbocycles. The van der Waals surface area contributed by atoms with Gasteiger partial charge in [-0.15, -0.1) is 0 Å². The van der Waals surface area contributed by atoms with Crippen molar-refractivity contribution < 1.29 is 9.52 Å². The molecule has 0 saturated heterocycles. The molecule has 24 heavy (non-hydrogen) atoms. The molecule has 2 aromatic rings. The van der Waals surface area contributed by atoms with Crippen LogP contribution < -0.4 is 5.63 Å². The Labute approximate surface area is 143 Å². The zero-order valence-electron chi connectivity index (χ0n) is 14.5. The SMILES string of the molecule is CCC(c1ccccc1)c1c(O)c2c(oc1=O)C(C)CCCCC2. The van der Waals surface area contributed by atoms with E-state index >= 15 is 0 Å². The average Bonchev–Trinajstić information content (AvgIpc) is 2.58. The summed E-state index contributed by atoms with van der Waals surface area (Å²) < 4.78 is 5.75. The third-order valence-corrected chi connectivity index (χ3v) is 5.23. The van der Waals surface area contributed by atoms with E-state index in [9.17, 15) is 9.90 Å². The van der Waals surface area contributed by atoms with Crippen molar-refractivity contribution in [2.45, 2.75) is 64.2 Å². The fourth-order valence-electron chi connectivity index (χ4n) is 3.89. The molecule has 1 N–H and O–H groups in total. The van der Waals surface area contributed by atoms with E-state index < -0.39 is 0 Å². The summed E-state index contributed by atoms with van der Waals surface area (Å²) in [6.45, 7) is 4.12. The molecule has 2 unspecified atom stereocenters. The normalized spacial score (nSPS) is 19.2. The zero-order chi connectivity index (χ0) is 17.1. The highest BCUT2D eigenvalue weighted by Gasteiger charge is 2.28. The molecular weight excluding hydrogens is 300 g/mol. The molecule has 0 amide bonds. The second kappa shape index (κ2) is 7.25. The summed E-state index contributed by atoms with van der Waals surface area (Å²) in [7, 11) is 0. The van der Waals surface area contributed by atoms with Gasteiger partial charge in [0.1, 0.15) is 11.5 Å². The van der Waals surface area contributed by atoms with Crippen LogP contribution in [-0.4, -0.2) is 5.11 Å². The Balaban J connectivity index is 2.15. The van der Waals surface area contributed by atoms with Gasteiger partial charge in [0.25, 0.3) is 0 Å². The van der Waals surface area contributed by atoms with Gasteiger partial charge >= 0.3 is 5.63 Å². The van der Waals surface area contributed by atoms with E-state index in [0.717, 1.165) is 49.7 Å². The van der Waals surface area contributed by atoms with Gasteiger partial charge in [0.05, 0.1) is 5.56 Å². The summed E-state index contributed by atoms with van der Waals surface area (Å²) in [5.41, 5.74) is 1.94. The molecule has 1 aromatic heterocycles. The summed E-state index contributed by atoms with van der Waals surface area (Å²) in [5.74, 6) is 0.924. The predicted molar refractivity (Wildman–Crippen MR) is 95.8 cm³/mol. The van der Waals surface area contributed by atoms with Crippen LogP contribution in [0.3, 0.4) is 0 Å². The summed E-state index contributed by atoms with van der Waals surface area (Å²) >= 11 is 0. The third kappa shape index (κ3) is 3.12. The standard InChI is InChI=1S/C21H26O3/c1-3-16(15-11-7-5-8-12-15)18-19(22)17-13-9-4-6-10-14(2)20(17)24-21(18)23/h5,7-8,11-12,14,16,22H,3-4,6,9-10,13H2,1-2H3. The third-order valence-electron chi connectivity index (χ3n) is 5.23. The quantitative estimate of drug-likeness (QED) is 0.853. The molecule has 2 atom stereocenters. The molecule has 0 saturated carbocycles. The number of hydrogen-bond donors (Lipinski definition) is 1. The van der Waals surface area contributed by atoms with Crippen molar-refractivity contribution in [1.29, 1.82) is 0 Å². The lowest BCUT2D eigenvalue weighted by molar-refractivity contribution is 0.363. The van der Waals surface area contributed by atoms with Gasteiger partial charge in [-0.05, 0) is 31.2 Å². The van der Waals surface area contributed by atoms with Crippen LogP contribution in [0.2, 0.25) is 0 Å². The molecule has 3 heteroatoms. The van der Waals surface area contributed by atoms with Crippen LogP contribution in [0.5, 0.6) is 5.75 Å². The molecule has 128 valence electrons. The first kappa shape index (κ1) is 16.8. The summed E-state index contributed by atoms with van der Waals surface area (Å²) in [4.78, 5) is 12.7. The lowest BCUT2D eigenvalue weighted by atomic mass is 9.85. The molecule has 0 aliphatic heterocycles. The topological polar surface area (TPSA) is 50.4 Å². The van der Waals surface area contributed by atoms with Gasteiger partial charge in [-0.1, -0.05) is 57.0 Å². The van der Waals surface area contributed by atoms with Gasteiger partial charge in [0, 0.05) is 17.4 Å². The Kier molecular flexibility index (Phi) is 5.08. The number of fused-ring (bicyclic) bond motifs is 1. The summed E-state index contributed by atoms with van der Waals surface area (Å²) in [5, 5.41) is 11.0. The van der Waals surface area contributed by atoms with Gasteiger partial charge in [0.2, 0.25) is 0 Å². The first-order chi connectivity index (χ1) is 11.6. The van der Waals surface area contributed by atoms with E-state index in [1.54, 1.807) is 0 Å². The van der Waals surface area contributed by atoms with Crippen molar-refractivity contribution in [2.24, 2.45) is 0 Å². The Morgan fingerprint density at radius 1 is 1.21 bits per heavy atom. The average molecular weight is 326 g/mol. The first-order valence-electron chi connectivity index (χ1n) is 9.07. The number of rotatable bonds is 3. The minimum Gasteiger partial charge on any atom is -0.507 e. The van der Waals surface area contributed by atoms with E-state index in [-0.39, 0.29) is 23.2 Å². The second-order valence-electron chi connectivity index (χ2n) is 6.87. The van der Waals surface area contributed by atoms with Crippen LogP contribution in [0.1, 0.15) is 80.2 Å². The molecule has 1 heterocycles. The number of benzene rings is 1. The van der Waals surface area contributed by atoms with Gasteiger partial charge in [0.15, 0.2) is 0 Å². The molecule has 1 aliphatic carbocycles. The lowest BCUT2D eigenvalue weighted by Crippen LogP contribution is -2.18. The lowest BCUT2D eigenvalue weighted by Gasteiger charge is -2.23. The number of aromatic hydroxyl groups is 1. The van der Waals surface area contributed by atoms with Crippen LogP contribution in [0.25, 0.3) is 0 Å². The maximum atomic E-state index is 12.7. The Hall–Kier alpha value is -2.03. The second-order valence-corrected chi connectivity index (χ2v) is 6.87. The highest BCUT2D eigenvalue weighted by molar-refractivity contribution is 5.46. The monoisotopic (exact) mass is 326 g/mol. The van der Waals surface area contributed by atoms with E-state index in [2.05, 4.69) is 6.92 Å². The highest BCUT2D eigenvalue weighted by Crippen LogP contribution is 2.39. The van der Waals surface area contributed by atoms with Crippen molar-refractivity contribution in [3.8, 4) is 5.75 Å². The maximum Gasteiger partial charge on any atom is 0.343 e. The van der Waals surface area contributed by atoms with Gasteiger partial charge < -0.3 is 9.52 Å². The smallest absolute Gasteiger partial charge is 0.343 e. The van der Waals surface area contributed by atoms with Gasteiger partial charge in [-0.25, -0.2) is 4.79 Å². The highest BCUT2D eigenvalue weighted by atomic mass is 16.4. The van der Waals surface area contributed by atoms with Crippen molar-refractivity contribution in [3.05, 3.63) is 63.2 Å². The first-order valence-corrected chi connectivity index (χ1v) is 9.07. The van der Waals surface area contributed by atoms with Crippen molar-refractivity contribution in [1.82, 2.24) is 0 Å². The Morgan fingerprint density at radius 2 is 1.96 bits per heavy atom. The van der Waals surface area contributed by atoms with Crippen molar-refractivity contribution in [2.75, 3.05) is 0 Å². The Bertz CT molecular complexity index is 746. The summed E-state index contributed by atoms with van der Waals surface area (Å²) in [6, 6.07) is 9.90. The summed E-state index contributed by atoms with van der Waals surface area (Å²) in [6.07, 6.45) is 5.87. The van der Waals surface area contributed by atoms with Crippen molar-refractivity contribution >= 4 is 0 Å². The maximum absolute atomic E-state index is 12.7. The molecule has 1 aliphatic rings. The van der Waals surface area contributed by atoms with E-state index in [4.69, 9.17) is 4.42 Å². The van der Waals surface area contributed by atoms with Crippen molar-refractivity contribution in [3.63, 3.8) is 0 Å². The minimum atomic E-state index is -0.380. The molecule has 0 bridgehead atoms. The van der Waals surface area contributed by atoms with Gasteiger partial charge in [-0.3, -0.25) is 0 Å². The van der Waals surface area contributed by atoms with Crippen LogP contribution in [-0.2, 0) is 6.42 Å². The van der Waals surface area contributed by atoms with Gasteiger partial charge in [-0.2, -0.15) is 0 Å². The fraction of sp³-hybridized carbons (Fsp3) is 0.476. The fourth-order valence-corrected chi connectivity index (χ4v) is 3.89. The largest absolute Gasteiger partial charge is 0.507 e. The molecule has 0 fully saturated rings. The van der Waals surface area contributed by atoms with Crippen LogP contribution in [0, 0.1) is 0 Å². The Morgan fingerprint density at radius 3 is 2.67 bits per heavy atom. The van der Waals surface area contributed by atoms with E-state index in [1.807, 2.05) is 37.3 Å². The molecule has 0 spiro atoms. The van der Waals surface area contributed by atoms with Crippen LogP contribution >= 0.6 is 0 Å². The molecular formula is C21H26O3. The zero-order valence-corrected chi connectivity index (χ0v) is 14.5. The molecule has 0 radical (unpaired) electrons. The number of hydrogen-bond acceptors (Lipinski definition) is 3.